The van der Waals surface area contributed by atoms with Gasteiger partial charge in [0.1, 0.15) is 0 Å². The molecule has 0 radical (unpaired) electrons. The van der Waals surface area contributed by atoms with Crippen molar-refractivity contribution in [3.05, 3.63) is 23.8 Å². The third kappa shape index (κ3) is 4.55. The topological polar surface area (TPSA) is 58.9 Å². The standard InChI is InChI=1S/C14H22O4/c1-10(2)18-14-8-11(4-6-12(16)9-15)5-7-13(14)17-3/h5,7-8,10,12,15-16H,4,6,9H2,1-3H3. The van der Waals surface area contributed by atoms with Crippen LogP contribution in [-0.4, -0.2) is 36.1 Å². The lowest BCUT2D eigenvalue weighted by molar-refractivity contribution is 0.0885. The molecule has 0 aliphatic carbocycles. The average molecular weight is 254 g/mol. The van der Waals surface area contributed by atoms with Gasteiger partial charge in [0.25, 0.3) is 0 Å². The fourth-order valence-corrected chi connectivity index (χ4v) is 1.65. The van der Waals surface area contributed by atoms with Crippen LogP contribution < -0.4 is 9.47 Å². The molecule has 4 nitrogen and oxygen atoms in total. The van der Waals surface area contributed by atoms with Crippen molar-refractivity contribution in [1.29, 1.82) is 0 Å². The van der Waals surface area contributed by atoms with E-state index >= 15 is 0 Å². The third-order valence-electron chi connectivity index (χ3n) is 2.57. The van der Waals surface area contributed by atoms with Gasteiger partial charge in [0.05, 0.1) is 25.9 Å². The molecule has 0 aliphatic heterocycles. The molecule has 1 unspecified atom stereocenters. The van der Waals surface area contributed by atoms with Crippen molar-refractivity contribution in [3.8, 4) is 11.5 Å². The molecule has 0 saturated heterocycles. The zero-order valence-electron chi connectivity index (χ0n) is 11.2. The fraction of sp³-hybridized carbons (Fsp3) is 0.571. The van der Waals surface area contributed by atoms with Crippen LogP contribution in [0.1, 0.15) is 25.8 Å². The Labute approximate surface area is 108 Å². The van der Waals surface area contributed by atoms with Crippen molar-refractivity contribution >= 4 is 0 Å². The second-order valence-electron chi connectivity index (χ2n) is 4.53. The first kappa shape index (κ1) is 14.8. The van der Waals surface area contributed by atoms with Gasteiger partial charge >= 0.3 is 0 Å². The smallest absolute Gasteiger partial charge is 0.161 e. The molecule has 0 aliphatic rings. The summed E-state index contributed by atoms with van der Waals surface area (Å²) in [6.45, 7) is 3.72. The summed E-state index contributed by atoms with van der Waals surface area (Å²) in [5, 5.41) is 18.1. The lowest BCUT2D eigenvalue weighted by Gasteiger charge is -2.15. The molecule has 102 valence electrons. The number of ether oxygens (including phenoxy) is 2. The highest BCUT2D eigenvalue weighted by atomic mass is 16.5. The number of benzene rings is 1. The van der Waals surface area contributed by atoms with Gasteiger partial charge in [-0.2, -0.15) is 0 Å². The Hall–Kier alpha value is -1.26. The van der Waals surface area contributed by atoms with Gasteiger partial charge in [-0.05, 0) is 44.4 Å². The maximum atomic E-state index is 9.33. The first-order valence-electron chi connectivity index (χ1n) is 6.19. The lowest BCUT2D eigenvalue weighted by Crippen LogP contribution is -2.12. The van der Waals surface area contributed by atoms with Gasteiger partial charge in [0.2, 0.25) is 0 Å². The maximum absolute atomic E-state index is 9.33. The Bertz CT molecular complexity index is 363. The van der Waals surface area contributed by atoms with Crippen LogP contribution in [0.25, 0.3) is 0 Å². The molecule has 1 aromatic carbocycles. The van der Waals surface area contributed by atoms with E-state index < -0.39 is 6.10 Å². The Morgan fingerprint density at radius 3 is 2.50 bits per heavy atom. The highest BCUT2D eigenvalue weighted by molar-refractivity contribution is 5.43. The normalized spacial score (nSPS) is 12.6. The van der Waals surface area contributed by atoms with Crippen molar-refractivity contribution < 1.29 is 19.7 Å². The van der Waals surface area contributed by atoms with E-state index in [2.05, 4.69) is 0 Å². The zero-order valence-corrected chi connectivity index (χ0v) is 11.2. The summed E-state index contributed by atoms with van der Waals surface area (Å²) in [7, 11) is 1.61. The number of rotatable bonds is 7. The van der Waals surface area contributed by atoms with Gasteiger partial charge in [-0.25, -0.2) is 0 Å². The minimum atomic E-state index is -0.665. The molecule has 2 N–H and O–H groups in total. The van der Waals surface area contributed by atoms with Crippen LogP contribution in [0.2, 0.25) is 0 Å². The highest BCUT2D eigenvalue weighted by Gasteiger charge is 2.09. The van der Waals surface area contributed by atoms with E-state index in [1.165, 1.54) is 0 Å². The number of hydrogen-bond acceptors (Lipinski definition) is 4. The molecule has 1 aromatic rings. The number of aliphatic hydroxyl groups is 2. The molecule has 0 fully saturated rings. The predicted octanol–water partition coefficient (Wildman–Crippen LogP) is 1.77. The molecule has 0 saturated carbocycles. The number of aliphatic hydroxyl groups excluding tert-OH is 2. The van der Waals surface area contributed by atoms with Crippen molar-refractivity contribution in [2.75, 3.05) is 13.7 Å². The van der Waals surface area contributed by atoms with Gasteiger partial charge in [0, 0.05) is 0 Å². The van der Waals surface area contributed by atoms with E-state index in [9.17, 15) is 5.11 Å². The maximum Gasteiger partial charge on any atom is 0.161 e. The van der Waals surface area contributed by atoms with Gasteiger partial charge in [0.15, 0.2) is 11.5 Å². The van der Waals surface area contributed by atoms with Gasteiger partial charge in [-0.3, -0.25) is 0 Å². The largest absolute Gasteiger partial charge is 0.493 e. The molecular formula is C14H22O4. The predicted molar refractivity (Wildman–Crippen MR) is 70.2 cm³/mol. The van der Waals surface area contributed by atoms with Gasteiger partial charge in [-0.15, -0.1) is 0 Å². The third-order valence-corrected chi connectivity index (χ3v) is 2.57. The summed E-state index contributed by atoms with van der Waals surface area (Å²) in [4.78, 5) is 0. The van der Waals surface area contributed by atoms with E-state index in [1.54, 1.807) is 7.11 Å². The van der Waals surface area contributed by atoms with Crippen LogP contribution in [0, 0.1) is 0 Å². The molecule has 0 spiro atoms. The summed E-state index contributed by atoms with van der Waals surface area (Å²) in [6, 6.07) is 5.72. The molecule has 0 heterocycles. The van der Waals surface area contributed by atoms with Crippen LogP contribution in [0.5, 0.6) is 11.5 Å². The Kier molecular flexibility index (Phi) is 5.95. The van der Waals surface area contributed by atoms with Crippen molar-refractivity contribution in [2.24, 2.45) is 0 Å². The Balaban J connectivity index is 2.75. The summed E-state index contributed by atoms with van der Waals surface area (Å²) < 4.78 is 10.9. The number of aryl methyl sites for hydroxylation is 1. The van der Waals surface area contributed by atoms with Crippen molar-refractivity contribution in [3.63, 3.8) is 0 Å². The zero-order chi connectivity index (χ0) is 13.5. The molecule has 1 atom stereocenters. The second kappa shape index (κ2) is 7.24. The van der Waals surface area contributed by atoms with Crippen molar-refractivity contribution in [2.45, 2.75) is 38.9 Å². The summed E-state index contributed by atoms with van der Waals surface area (Å²) in [6.07, 6.45) is 0.642. The van der Waals surface area contributed by atoms with E-state index in [-0.39, 0.29) is 12.7 Å². The first-order chi connectivity index (χ1) is 8.56. The summed E-state index contributed by atoms with van der Waals surface area (Å²) in [5.74, 6) is 1.42. The van der Waals surface area contributed by atoms with Crippen LogP contribution in [-0.2, 0) is 6.42 Å². The van der Waals surface area contributed by atoms with Crippen LogP contribution in [0.3, 0.4) is 0 Å². The van der Waals surface area contributed by atoms with Crippen LogP contribution >= 0.6 is 0 Å². The Morgan fingerprint density at radius 1 is 1.22 bits per heavy atom. The van der Waals surface area contributed by atoms with Gasteiger partial charge < -0.3 is 19.7 Å². The molecule has 0 aromatic heterocycles. The van der Waals surface area contributed by atoms with E-state index in [1.807, 2.05) is 32.0 Å². The molecule has 0 amide bonds. The number of methoxy groups -OCH3 is 1. The Morgan fingerprint density at radius 2 is 1.94 bits per heavy atom. The van der Waals surface area contributed by atoms with E-state index in [4.69, 9.17) is 14.6 Å². The summed E-state index contributed by atoms with van der Waals surface area (Å²) >= 11 is 0. The highest BCUT2D eigenvalue weighted by Crippen LogP contribution is 2.29. The minimum absolute atomic E-state index is 0.0807. The van der Waals surface area contributed by atoms with Crippen molar-refractivity contribution in [1.82, 2.24) is 0 Å². The molecule has 1 rings (SSSR count). The van der Waals surface area contributed by atoms with E-state index in [0.29, 0.717) is 24.3 Å². The summed E-state index contributed by atoms with van der Waals surface area (Å²) in [5.41, 5.74) is 1.05. The van der Waals surface area contributed by atoms with Crippen LogP contribution in [0.15, 0.2) is 18.2 Å². The molecular weight excluding hydrogens is 232 g/mol. The lowest BCUT2D eigenvalue weighted by atomic mass is 10.1. The molecule has 18 heavy (non-hydrogen) atoms. The van der Waals surface area contributed by atoms with Gasteiger partial charge in [-0.1, -0.05) is 6.07 Å². The van der Waals surface area contributed by atoms with E-state index in [0.717, 1.165) is 5.56 Å². The minimum Gasteiger partial charge on any atom is -0.493 e. The van der Waals surface area contributed by atoms with Crippen LogP contribution in [0.4, 0.5) is 0 Å². The molecule has 0 bridgehead atoms. The second-order valence-corrected chi connectivity index (χ2v) is 4.53. The fourth-order valence-electron chi connectivity index (χ4n) is 1.65. The first-order valence-corrected chi connectivity index (χ1v) is 6.19. The SMILES string of the molecule is COc1ccc(CCC(O)CO)cc1OC(C)C. The molecule has 4 heteroatoms. The number of hydrogen-bond donors (Lipinski definition) is 2. The quantitative estimate of drug-likeness (QED) is 0.778. The monoisotopic (exact) mass is 254 g/mol. The average Bonchev–Trinajstić information content (AvgIpc) is 2.35.